The molecule has 2 aromatic heterocycles. The molecule has 0 unspecified atom stereocenters. The molecule has 0 spiro atoms. The summed E-state index contributed by atoms with van der Waals surface area (Å²) in [5, 5.41) is 1.84. The third-order valence-electron chi connectivity index (χ3n) is 8.63. The molecule has 0 radical (unpaired) electrons. The third kappa shape index (κ3) is 4.51. The summed E-state index contributed by atoms with van der Waals surface area (Å²) < 4.78 is 16.8. The number of rotatable bonds is 5. The smallest absolute Gasteiger partial charge is 0.246 e. The van der Waals surface area contributed by atoms with E-state index < -0.39 is 5.82 Å². The Hall–Kier alpha value is -3.69. The minimum absolute atomic E-state index is 0.0663. The number of hydrogen-bond acceptors (Lipinski definition) is 6. The number of hydrogen-bond donors (Lipinski definition) is 1. The quantitative estimate of drug-likeness (QED) is 0.328. The van der Waals surface area contributed by atoms with Crippen molar-refractivity contribution < 1.29 is 9.18 Å². The molecular weight excluding hydrogens is 541 g/mol. The van der Waals surface area contributed by atoms with Crippen molar-refractivity contribution in [2.75, 3.05) is 50.1 Å². The first-order valence-corrected chi connectivity index (χ1v) is 14.3. The number of benzene rings is 2. The fourth-order valence-corrected chi connectivity index (χ4v) is 6.39. The number of nitrogens with one attached hydrogen (secondary N) is 1. The highest BCUT2D eigenvalue weighted by atomic mass is 35.5. The lowest BCUT2D eigenvalue weighted by Crippen LogP contribution is -2.59. The van der Waals surface area contributed by atoms with Crippen molar-refractivity contribution in [3.8, 4) is 11.1 Å². The van der Waals surface area contributed by atoms with Crippen molar-refractivity contribution in [1.29, 1.82) is 0 Å². The van der Waals surface area contributed by atoms with Crippen LogP contribution in [0, 0.1) is 12.7 Å². The first-order chi connectivity index (χ1) is 19.6. The molecule has 0 bridgehead atoms. The second-order valence-corrected chi connectivity index (χ2v) is 12.0. The Balaban J connectivity index is 1.54. The van der Waals surface area contributed by atoms with Gasteiger partial charge in [0.05, 0.1) is 10.5 Å². The lowest BCUT2D eigenvalue weighted by molar-refractivity contribution is -0.128. The Morgan fingerprint density at radius 3 is 2.59 bits per heavy atom. The fourth-order valence-electron chi connectivity index (χ4n) is 6.10. The van der Waals surface area contributed by atoms with Crippen molar-refractivity contribution in [2.24, 2.45) is 0 Å². The van der Waals surface area contributed by atoms with E-state index in [1.807, 2.05) is 43.1 Å². The average Bonchev–Trinajstić information content (AvgIpc) is 3.38. The van der Waals surface area contributed by atoms with Gasteiger partial charge in [-0.05, 0) is 58.6 Å². The van der Waals surface area contributed by atoms with Crippen LogP contribution in [0.25, 0.3) is 32.9 Å². The van der Waals surface area contributed by atoms with Crippen LogP contribution in [0.5, 0.6) is 0 Å². The van der Waals surface area contributed by atoms with Gasteiger partial charge >= 0.3 is 0 Å². The number of halogens is 2. The van der Waals surface area contributed by atoms with Crippen LogP contribution >= 0.6 is 11.6 Å². The Labute approximate surface area is 244 Å². The first-order valence-electron chi connectivity index (χ1n) is 14.0. The monoisotopic (exact) mass is 575 g/mol. The Morgan fingerprint density at radius 2 is 1.88 bits per heavy atom. The molecule has 2 atom stereocenters. The number of likely N-dealkylation sites (N-methyl/N-ethyl adjacent to an activating group) is 1. The highest BCUT2D eigenvalue weighted by Crippen LogP contribution is 2.43. The predicted molar refractivity (Wildman–Crippen MR) is 164 cm³/mol. The van der Waals surface area contributed by atoms with E-state index >= 15 is 4.39 Å². The van der Waals surface area contributed by atoms with Gasteiger partial charge in [-0.15, -0.1) is 0 Å². The molecule has 10 heteroatoms. The lowest BCUT2D eigenvalue weighted by Gasteiger charge is -2.45. The molecule has 2 aromatic carbocycles. The second-order valence-electron chi connectivity index (χ2n) is 11.6. The zero-order valence-electron chi connectivity index (χ0n) is 24.1. The zero-order chi connectivity index (χ0) is 29.2. The maximum atomic E-state index is 16.8. The number of anilines is 2. The molecule has 1 amide bonds. The molecule has 2 aliphatic heterocycles. The maximum Gasteiger partial charge on any atom is 0.246 e. The average molecular weight is 576 g/mol. The number of nitrogens with zero attached hydrogens (tertiary/aromatic N) is 6. The first kappa shape index (κ1) is 27.5. The maximum absolute atomic E-state index is 16.8. The molecule has 214 valence electrons. The Morgan fingerprint density at radius 1 is 1.12 bits per heavy atom. The van der Waals surface area contributed by atoms with Gasteiger partial charge in [-0.3, -0.25) is 4.79 Å². The van der Waals surface area contributed by atoms with Gasteiger partial charge in [0.2, 0.25) is 11.9 Å². The number of aryl methyl sites for hydroxylation is 1. The lowest BCUT2D eigenvalue weighted by atomic mass is 9.96. The molecule has 8 nitrogen and oxygen atoms in total. The summed E-state index contributed by atoms with van der Waals surface area (Å²) in [5.74, 6) is 0.566. The Bertz CT molecular complexity index is 1680. The zero-order valence-corrected chi connectivity index (χ0v) is 24.8. The number of piperazine rings is 1. The normalized spacial score (nSPS) is 19.9. The summed E-state index contributed by atoms with van der Waals surface area (Å²) in [4.78, 5) is 33.9. The predicted octanol–water partition coefficient (Wildman–Crippen LogP) is 5.24. The number of aromatic amines is 1. The molecule has 4 aromatic rings. The number of fused-ring (bicyclic) bond motifs is 2. The number of carbonyl (C=O) groups excluding carboxylic acids is 1. The van der Waals surface area contributed by atoms with E-state index in [0.29, 0.717) is 46.9 Å². The molecule has 0 saturated carbocycles. The van der Waals surface area contributed by atoms with Gasteiger partial charge in [-0.25, -0.2) is 9.37 Å². The number of H-pyrrole nitrogens is 1. The minimum atomic E-state index is -0.464. The van der Waals surface area contributed by atoms with Crippen LogP contribution in [0.1, 0.15) is 19.4 Å². The number of aromatic nitrogens is 3. The fraction of sp³-hybridized carbons (Fsp3) is 0.387. The van der Waals surface area contributed by atoms with Crippen molar-refractivity contribution in [2.45, 2.75) is 38.9 Å². The molecule has 2 fully saturated rings. The van der Waals surface area contributed by atoms with Crippen LogP contribution in [0.2, 0.25) is 5.02 Å². The molecule has 6 rings (SSSR count). The molecule has 0 aliphatic carbocycles. The number of carbonyl (C=O) groups is 1. The molecule has 41 heavy (non-hydrogen) atoms. The van der Waals surface area contributed by atoms with E-state index in [9.17, 15) is 4.79 Å². The molecule has 2 aliphatic rings. The van der Waals surface area contributed by atoms with Crippen molar-refractivity contribution >= 4 is 51.1 Å². The summed E-state index contributed by atoms with van der Waals surface area (Å²) >= 11 is 6.93. The van der Waals surface area contributed by atoms with E-state index in [4.69, 9.17) is 21.6 Å². The van der Waals surface area contributed by atoms with Gasteiger partial charge in [-0.1, -0.05) is 30.3 Å². The van der Waals surface area contributed by atoms with Gasteiger partial charge in [0.15, 0.2) is 5.82 Å². The number of amides is 1. The summed E-state index contributed by atoms with van der Waals surface area (Å²) in [6, 6.07) is 7.99. The standard InChI is InChI=1S/C31H35ClFN7O/c1-7-24(41)39-13-19(4)40(14-18(39)3)30-22-12-23(32)26(25-17(2)8-9-20-10-11-34-28(20)25)27(33)29(22)35-31(36-30)38-15-21(16-38)37(5)6/h7-12,18-19,21,34H,1,13-16H2,2-6H3/t18-,19+/m1/s1. The summed E-state index contributed by atoms with van der Waals surface area (Å²) in [6.07, 6.45) is 3.20. The molecular formula is C31H35ClFN7O. The highest BCUT2D eigenvalue weighted by Gasteiger charge is 2.36. The van der Waals surface area contributed by atoms with E-state index in [-0.39, 0.29) is 23.5 Å². The van der Waals surface area contributed by atoms with Gasteiger partial charge in [0, 0.05) is 72.4 Å². The van der Waals surface area contributed by atoms with E-state index in [2.05, 4.69) is 47.3 Å². The molecule has 4 heterocycles. The highest BCUT2D eigenvalue weighted by molar-refractivity contribution is 6.35. The summed E-state index contributed by atoms with van der Waals surface area (Å²) in [6.45, 7) is 12.2. The van der Waals surface area contributed by atoms with Crippen LogP contribution in [-0.4, -0.2) is 89.1 Å². The van der Waals surface area contributed by atoms with Gasteiger partial charge < -0.3 is 24.6 Å². The van der Waals surface area contributed by atoms with Crippen LogP contribution in [-0.2, 0) is 4.79 Å². The second kappa shape index (κ2) is 10.3. The van der Waals surface area contributed by atoms with Crippen molar-refractivity contribution in [3.05, 3.63) is 59.5 Å². The molecule has 2 saturated heterocycles. The van der Waals surface area contributed by atoms with Crippen molar-refractivity contribution in [1.82, 2.24) is 24.8 Å². The topological polar surface area (TPSA) is 71.6 Å². The SMILES string of the molecule is C=CC(=O)N1C[C@H](C)N(c2nc(N3CC(N(C)C)C3)nc3c(F)c(-c4c(C)ccc5cc[nH]c45)c(Cl)cc23)C[C@H]1C. The van der Waals surface area contributed by atoms with Gasteiger partial charge in [0.1, 0.15) is 11.3 Å². The van der Waals surface area contributed by atoms with E-state index in [1.165, 1.54) is 6.08 Å². The van der Waals surface area contributed by atoms with Gasteiger partial charge in [0.25, 0.3) is 0 Å². The van der Waals surface area contributed by atoms with Crippen LogP contribution in [0.4, 0.5) is 16.2 Å². The molecule has 1 N–H and O–H groups in total. The van der Waals surface area contributed by atoms with E-state index in [1.54, 1.807) is 6.07 Å². The summed E-state index contributed by atoms with van der Waals surface area (Å²) in [7, 11) is 4.11. The van der Waals surface area contributed by atoms with Crippen LogP contribution in [0.3, 0.4) is 0 Å². The van der Waals surface area contributed by atoms with Crippen LogP contribution < -0.4 is 9.80 Å². The van der Waals surface area contributed by atoms with Crippen LogP contribution in [0.15, 0.2) is 43.1 Å². The van der Waals surface area contributed by atoms with E-state index in [0.717, 1.165) is 35.1 Å². The minimum Gasteiger partial charge on any atom is -0.361 e. The van der Waals surface area contributed by atoms with Crippen molar-refractivity contribution in [3.63, 3.8) is 0 Å². The third-order valence-corrected chi connectivity index (χ3v) is 8.93. The van der Waals surface area contributed by atoms with Gasteiger partial charge in [-0.2, -0.15) is 4.98 Å². The summed E-state index contributed by atoms with van der Waals surface area (Å²) in [5.41, 5.74) is 3.05. The largest absolute Gasteiger partial charge is 0.361 e. The Kier molecular flexibility index (Phi) is 6.90.